The number of carbonyl (C=O) groups excluding carboxylic acids is 1. The van der Waals surface area contributed by atoms with Gasteiger partial charge in [-0.05, 0) is 56.9 Å². The van der Waals surface area contributed by atoms with Gasteiger partial charge in [-0.3, -0.25) is 4.79 Å². The van der Waals surface area contributed by atoms with Crippen LogP contribution >= 0.6 is 0 Å². The maximum Gasteiger partial charge on any atom is 0.246 e. The highest BCUT2D eigenvalue weighted by atomic mass is 16.5. The Morgan fingerprint density at radius 1 is 1.13 bits per heavy atom. The van der Waals surface area contributed by atoms with Gasteiger partial charge in [0.1, 0.15) is 29.3 Å². The molecule has 2 aromatic carbocycles. The minimum absolute atomic E-state index is 0.00624. The van der Waals surface area contributed by atoms with Crippen LogP contribution in [0.2, 0.25) is 0 Å². The number of nitrogens with zero attached hydrogens (tertiary/aromatic N) is 6. The number of likely N-dealkylation sites (N-methyl/N-ethyl adjacent to an activating group) is 1. The Kier molecular flexibility index (Phi) is 8.14. The summed E-state index contributed by atoms with van der Waals surface area (Å²) >= 11 is 0. The van der Waals surface area contributed by atoms with E-state index >= 15 is 0 Å². The standard InChI is InChI=1S/C29H34N8O2/c1-35(2)18-16-31-15-6-9-25(38)36-17-14-22(19-36)37-29-26(28(30)32-20-33-29)27(34-37)21-10-12-24(13-11-21)39-23-7-4-3-5-8-23/h3-13,20,22,31H,14-19H2,1-2H3,(H2,30,32,33)/b9-6+. The maximum absolute atomic E-state index is 12.8. The summed E-state index contributed by atoms with van der Waals surface area (Å²) in [6.45, 7) is 3.70. The first-order valence-corrected chi connectivity index (χ1v) is 13.1. The highest BCUT2D eigenvalue weighted by molar-refractivity contribution is 5.98. The molecule has 202 valence electrons. The Hall–Kier alpha value is -4.28. The van der Waals surface area contributed by atoms with Crippen LogP contribution in [0.5, 0.6) is 11.5 Å². The van der Waals surface area contributed by atoms with Gasteiger partial charge >= 0.3 is 0 Å². The Morgan fingerprint density at radius 3 is 2.67 bits per heavy atom. The molecule has 0 radical (unpaired) electrons. The lowest BCUT2D eigenvalue weighted by Crippen LogP contribution is -2.28. The Labute approximate surface area is 228 Å². The molecule has 3 N–H and O–H groups in total. The lowest BCUT2D eigenvalue weighted by molar-refractivity contribution is -0.125. The fourth-order valence-electron chi connectivity index (χ4n) is 4.65. The average Bonchev–Trinajstić information content (AvgIpc) is 3.58. The topological polar surface area (TPSA) is 114 Å². The first-order chi connectivity index (χ1) is 19.0. The number of nitrogen functional groups attached to an aromatic ring is 1. The molecule has 1 unspecified atom stereocenters. The molecule has 1 saturated heterocycles. The van der Waals surface area contributed by atoms with Crippen molar-refractivity contribution < 1.29 is 9.53 Å². The summed E-state index contributed by atoms with van der Waals surface area (Å²) in [4.78, 5) is 25.5. The number of benzene rings is 2. The number of hydrogen-bond donors (Lipinski definition) is 2. The summed E-state index contributed by atoms with van der Waals surface area (Å²) in [5.41, 5.74) is 8.57. The van der Waals surface area contributed by atoms with Crippen molar-refractivity contribution in [2.24, 2.45) is 0 Å². The molecule has 10 nitrogen and oxygen atoms in total. The molecule has 4 aromatic rings. The summed E-state index contributed by atoms with van der Waals surface area (Å²) in [6.07, 6.45) is 5.77. The van der Waals surface area contributed by atoms with Crippen LogP contribution in [0.4, 0.5) is 5.82 Å². The van der Waals surface area contributed by atoms with Gasteiger partial charge in [0.25, 0.3) is 0 Å². The highest BCUT2D eigenvalue weighted by Crippen LogP contribution is 2.35. The fraction of sp³-hybridized carbons (Fsp3) is 0.310. The molecule has 2 aromatic heterocycles. The van der Waals surface area contributed by atoms with Gasteiger partial charge in [-0.2, -0.15) is 5.10 Å². The van der Waals surface area contributed by atoms with Crippen LogP contribution in [0.1, 0.15) is 12.5 Å². The van der Waals surface area contributed by atoms with E-state index in [2.05, 4.69) is 20.2 Å². The summed E-state index contributed by atoms with van der Waals surface area (Å²) < 4.78 is 7.83. The second-order valence-electron chi connectivity index (χ2n) is 9.83. The maximum atomic E-state index is 12.8. The van der Waals surface area contributed by atoms with Gasteiger partial charge in [-0.1, -0.05) is 24.3 Å². The van der Waals surface area contributed by atoms with Gasteiger partial charge in [0.05, 0.1) is 11.4 Å². The van der Waals surface area contributed by atoms with Crippen molar-refractivity contribution in [1.29, 1.82) is 0 Å². The Balaban J connectivity index is 1.30. The number of ether oxygens (including phenoxy) is 1. The van der Waals surface area contributed by atoms with E-state index in [0.29, 0.717) is 42.2 Å². The van der Waals surface area contributed by atoms with E-state index in [9.17, 15) is 4.79 Å². The van der Waals surface area contributed by atoms with Crippen molar-refractivity contribution in [3.63, 3.8) is 0 Å². The molecule has 0 aliphatic carbocycles. The van der Waals surface area contributed by atoms with Crippen LogP contribution in [0.25, 0.3) is 22.3 Å². The zero-order valence-corrected chi connectivity index (χ0v) is 22.3. The Bertz CT molecular complexity index is 1430. The molecule has 1 fully saturated rings. The predicted octanol–water partition coefficient (Wildman–Crippen LogP) is 3.35. The summed E-state index contributed by atoms with van der Waals surface area (Å²) in [6, 6.07) is 17.4. The van der Waals surface area contributed by atoms with E-state index < -0.39 is 0 Å². The fourth-order valence-corrected chi connectivity index (χ4v) is 4.65. The van der Waals surface area contributed by atoms with Crippen LogP contribution in [0.15, 0.2) is 73.1 Å². The molecule has 0 spiro atoms. The number of likely N-dealkylation sites (tertiary alicyclic amines) is 1. The Morgan fingerprint density at radius 2 is 1.90 bits per heavy atom. The van der Waals surface area contributed by atoms with Crippen molar-refractivity contribution in [2.75, 3.05) is 52.6 Å². The highest BCUT2D eigenvalue weighted by Gasteiger charge is 2.30. The number of nitrogens with one attached hydrogen (secondary N) is 1. The van der Waals surface area contributed by atoms with Crippen LogP contribution < -0.4 is 15.8 Å². The number of carbonyl (C=O) groups is 1. The third-order valence-corrected chi connectivity index (χ3v) is 6.70. The van der Waals surface area contributed by atoms with E-state index in [0.717, 1.165) is 36.6 Å². The number of aromatic nitrogens is 4. The largest absolute Gasteiger partial charge is 0.457 e. The van der Waals surface area contributed by atoms with E-state index in [1.165, 1.54) is 6.33 Å². The summed E-state index contributed by atoms with van der Waals surface area (Å²) in [5, 5.41) is 8.96. The molecule has 39 heavy (non-hydrogen) atoms. The molecular formula is C29H34N8O2. The third-order valence-electron chi connectivity index (χ3n) is 6.70. The normalized spacial score (nSPS) is 15.6. The lowest BCUT2D eigenvalue weighted by atomic mass is 10.1. The molecule has 1 atom stereocenters. The smallest absolute Gasteiger partial charge is 0.246 e. The van der Waals surface area contributed by atoms with Gasteiger partial charge in [0.15, 0.2) is 5.65 Å². The van der Waals surface area contributed by atoms with Crippen molar-refractivity contribution >= 4 is 22.8 Å². The molecule has 3 heterocycles. The van der Waals surface area contributed by atoms with Gasteiger partial charge in [-0.15, -0.1) is 0 Å². The third kappa shape index (κ3) is 6.24. The van der Waals surface area contributed by atoms with E-state index in [4.69, 9.17) is 15.6 Å². The molecule has 1 amide bonds. The van der Waals surface area contributed by atoms with Gasteiger partial charge in [0.2, 0.25) is 5.91 Å². The molecule has 1 aliphatic rings. The molecule has 0 saturated carbocycles. The van der Waals surface area contributed by atoms with Gasteiger partial charge in [0, 0.05) is 44.4 Å². The zero-order chi connectivity index (χ0) is 27.2. The number of fused-ring (bicyclic) bond motifs is 1. The van der Waals surface area contributed by atoms with E-state index in [-0.39, 0.29) is 11.9 Å². The van der Waals surface area contributed by atoms with Gasteiger partial charge < -0.3 is 25.6 Å². The first-order valence-electron chi connectivity index (χ1n) is 13.1. The van der Waals surface area contributed by atoms with Crippen LogP contribution in [0.3, 0.4) is 0 Å². The lowest BCUT2D eigenvalue weighted by Gasteiger charge is -2.15. The minimum atomic E-state index is -0.00759. The molecule has 5 rings (SSSR count). The molecule has 10 heteroatoms. The molecule has 0 bridgehead atoms. The van der Waals surface area contributed by atoms with Crippen molar-refractivity contribution in [2.45, 2.75) is 12.5 Å². The van der Waals surface area contributed by atoms with E-state index in [1.54, 1.807) is 6.08 Å². The van der Waals surface area contributed by atoms with Crippen LogP contribution in [0, 0.1) is 0 Å². The number of anilines is 1. The second-order valence-corrected chi connectivity index (χ2v) is 9.83. The number of nitrogens with two attached hydrogens (primary N) is 1. The minimum Gasteiger partial charge on any atom is -0.457 e. The van der Waals surface area contributed by atoms with Crippen LogP contribution in [-0.2, 0) is 4.79 Å². The van der Waals surface area contributed by atoms with E-state index in [1.807, 2.05) is 84.4 Å². The average molecular weight is 527 g/mol. The SMILES string of the molecule is CN(C)CCNC/C=C/C(=O)N1CCC(n2nc(-c3ccc(Oc4ccccc4)cc3)c3c(N)ncnc32)C1. The van der Waals surface area contributed by atoms with Crippen molar-refractivity contribution in [3.05, 3.63) is 73.1 Å². The predicted molar refractivity (Wildman–Crippen MR) is 152 cm³/mol. The number of para-hydroxylation sites is 1. The number of amides is 1. The zero-order valence-electron chi connectivity index (χ0n) is 22.3. The van der Waals surface area contributed by atoms with Crippen molar-refractivity contribution in [1.82, 2.24) is 34.9 Å². The summed E-state index contributed by atoms with van der Waals surface area (Å²) in [7, 11) is 4.07. The van der Waals surface area contributed by atoms with Crippen LogP contribution in [-0.4, -0.2) is 82.3 Å². The summed E-state index contributed by atoms with van der Waals surface area (Å²) in [5.74, 6) is 1.88. The second kappa shape index (κ2) is 12.1. The quantitative estimate of drug-likeness (QED) is 0.239. The first kappa shape index (κ1) is 26.3. The van der Waals surface area contributed by atoms with Gasteiger partial charge in [-0.25, -0.2) is 14.6 Å². The number of rotatable bonds is 10. The number of hydrogen-bond acceptors (Lipinski definition) is 8. The monoisotopic (exact) mass is 526 g/mol. The molecule has 1 aliphatic heterocycles. The molecular weight excluding hydrogens is 492 g/mol. The van der Waals surface area contributed by atoms with Crippen molar-refractivity contribution in [3.8, 4) is 22.8 Å².